The molecular weight excluding hydrogens is 254 g/mol. The minimum atomic E-state index is 0.472. The molecule has 1 nitrogen and oxygen atoms in total. The molecule has 0 unspecified atom stereocenters. The largest absolute Gasteiger partial charge is 0.313 e. The molecule has 0 amide bonds. The summed E-state index contributed by atoms with van der Waals surface area (Å²) in [5.41, 5.74) is 4.20. The summed E-state index contributed by atoms with van der Waals surface area (Å²) in [4.78, 5) is 0. The lowest BCUT2D eigenvalue weighted by atomic mass is 9.77. The highest BCUT2D eigenvalue weighted by molar-refractivity contribution is 6.30. The number of halogens is 1. The standard InChI is InChI=1S/C17H18ClN/c1-19-17-10-9-14(12-5-4-6-13(18)11-12)15-7-2-3-8-16(15)17/h2-8,11,14,17,19H,9-10H2,1H3/t14-,17-/m1/s1. The maximum Gasteiger partial charge on any atom is 0.0408 e. The summed E-state index contributed by atoms with van der Waals surface area (Å²) >= 11 is 6.13. The van der Waals surface area contributed by atoms with Gasteiger partial charge in [-0.05, 0) is 48.7 Å². The van der Waals surface area contributed by atoms with Gasteiger partial charge < -0.3 is 5.32 Å². The molecule has 0 fully saturated rings. The number of rotatable bonds is 2. The molecule has 0 heterocycles. The van der Waals surface area contributed by atoms with Crippen LogP contribution in [-0.4, -0.2) is 7.05 Å². The molecule has 0 spiro atoms. The van der Waals surface area contributed by atoms with Crippen molar-refractivity contribution in [3.05, 3.63) is 70.2 Å². The van der Waals surface area contributed by atoms with Crippen LogP contribution in [0.3, 0.4) is 0 Å². The Morgan fingerprint density at radius 3 is 2.53 bits per heavy atom. The molecule has 1 N–H and O–H groups in total. The van der Waals surface area contributed by atoms with Crippen molar-refractivity contribution >= 4 is 11.6 Å². The molecule has 0 saturated carbocycles. The zero-order valence-electron chi connectivity index (χ0n) is 11.1. The minimum Gasteiger partial charge on any atom is -0.313 e. The van der Waals surface area contributed by atoms with Gasteiger partial charge in [-0.3, -0.25) is 0 Å². The van der Waals surface area contributed by atoms with Crippen molar-refractivity contribution in [3.8, 4) is 0 Å². The van der Waals surface area contributed by atoms with Crippen molar-refractivity contribution in [3.63, 3.8) is 0 Å². The normalized spacial score (nSPS) is 22.0. The maximum absolute atomic E-state index is 6.13. The molecule has 19 heavy (non-hydrogen) atoms. The topological polar surface area (TPSA) is 12.0 Å². The van der Waals surface area contributed by atoms with Crippen molar-refractivity contribution in [2.75, 3.05) is 7.05 Å². The van der Waals surface area contributed by atoms with E-state index in [4.69, 9.17) is 11.6 Å². The molecule has 2 heteroatoms. The third-order valence-electron chi connectivity index (χ3n) is 4.09. The molecule has 2 aromatic carbocycles. The highest BCUT2D eigenvalue weighted by Gasteiger charge is 2.26. The summed E-state index contributed by atoms with van der Waals surface area (Å²) in [6, 6.07) is 17.5. The molecule has 0 saturated heterocycles. The lowest BCUT2D eigenvalue weighted by Crippen LogP contribution is -2.24. The first kappa shape index (κ1) is 12.7. The lowest BCUT2D eigenvalue weighted by molar-refractivity contribution is 0.471. The molecule has 3 rings (SSSR count). The quantitative estimate of drug-likeness (QED) is 0.846. The Morgan fingerprint density at radius 2 is 1.79 bits per heavy atom. The number of benzene rings is 2. The lowest BCUT2D eigenvalue weighted by Gasteiger charge is -2.31. The molecule has 2 atom stereocenters. The smallest absolute Gasteiger partial charge is 0.0408 e. The van der Waals surface area contributed by atoms with Crippen LogP contribution in [-0.2, 0) is 0 Å². The van der Waals surface area contributed by atoms with Crippen LogP contribution in [0.5, 0.6) is 0 Å². The number of hydrogen-bond donors (Lipinski definition) is 1. The van der Waals surface area contributed by atoms with Gasteiger partial charge >= 0.3 is 0 Å². The van der Waals surface area contributed by atoms with E-state index in [1.807, 2.05) is 19.2 Å². The highest BCUT2D eigenvalue weighted by Crippen LogP contribution is 2.41. The monoisotopic (exact) mass is 271 g/mol. The predicted molar refractivity (Wildman–Crippen MR) is 80.8 cm³/mol. The van der Waals surface area contributed by atoms with E-state index in [2.05, 4.69) is 41.7 Å². The summed E-state index contributed by atoms with van der Waals surface area (Å²) in [6.45, 7) is 0. The first-order valence-electron chi connectivity index (χ1n) is 6.81. The van der Waals surface area contributed by atoms with E-state index in [1.165, 1.54) is 29.5 Å². The van der Waals surface area contributed by atoms with Gasteiger partial charge in [0.15, 0.2) is 0 Å². The van der Waals surface area contributed by atoms with Crippen molar-refractivity contribution in [2.24, 2.45) is 0 Å². The maximum atomic E-state index is 6.13. The van der Waals surface area contributed by atoms with Gasteiger partial charge in [0.25, 0.3) is 0 Å². The summed E-state index contributed by atoms with van der Waals surface area (Å²) in [5.74, 6) is 0.472. The van der Waals surface area contributed by atoms with Gasteiger partial charge in [0.1, 0.15) is 0 Å². The van der Waals surface area contributed by atoms with Crippen LogP contribution in [0.25, 0.3) is 0 Å². The molecule has 0 radical (unpaired) electrons. The third-order valence-corrected chi connectivity index (χ3v) is 4.33. The molecule has 98 valence electrons. The summed E-state index contributed by atoms with van der Waals surface area (Å²) in [6.07, 6.45) is 2.34. The second-order valence-electron chi connectivity index (χ2n) is 5.16. The van der Waals surface area contributed by atoms with Crippen LogP contribution in [0.4, 0.5) is 0 Å². The Labute approximate surface area is 119 Å². The van der Waals surface area contributed by atoms with Crippen molar-refractivity contribution < 1.29 is 0 Å². The second-order valence-corrected chi connectivity index (χ2v) is 5.59. The van der Waals surface area contributed by atoms with Crippen LogP contribution < -0.4 is 5.32 Å². The van der Waals surface area contributed by atoms with E-state index in [0.29, 0.717) is 12.0 Å². The Bertz CT molecular complexity index is 579. The minimum absolute atomic E-state index is 0.472. The molecular formula is C17H18ClN. The average Bonchev–Trinajstić information content (AvgIpc) is 2.46. The van der Waals surface area contributed by atoms with Crippen LogP contribution in [0.15, 0.2) is 48.5 Å². The van der Waals surface area contributed by atoms with E-state index < -0.39 is 0 Å². The van der Waals surface area contributed by atoms with Gasteiger partial charge in [0.2, 0.25) is 0 Å². The Kier molecular flexibility index (Phi) is 3.58. The summed E-state index contributed by atoms with van der Waals surface area (Å²) in [7, 11) is 2.04. The Balaban J connectivity index is 2.05. The zero-order chi connectivity index (χ0) is 13.2. The van der Waals surface area contributed by atoms with Crippen molar-refractivity contribution in [1.29, 1.82) is 0 Å². The van der Waals surface area contributed by atoms with Crippen LogP contribution >= 0.6 is 11.6 Å². The first-order chi connectivity index (χ1) is 9.29. The molecule has 0 bridgehead atoms. The molecule has 0 aromatic heterocycles. The van der Waals surface area contributed by atoms with E-state index in [1.54, 1.807) is 0 Å². The van der Waals surface area contributed by atoms with Gasteiger partial charge in [-0.25, -0.2) is 0 Å². The molecule has 0 aliphatic heterocycles. The van der Waals surface area contributed by atoms with E-state index in [9.17, 15) is 0 Å². The zero-order valence-corrected chi connectivity index (χ0v) is 11.8. The highest BCUT2D eigenvalue weighted by atomic mass is 35.5. The van der Waals surface area contributed by atoms with Gasteiger partial charge in [-0.15, -0.1) is 0 Å². The summed E-state index contributed by atoms with van der Waals surface area (Å²) in [5, 5.41) is 4.24. The fourth-order valence-electron chi connectivity index (χ4n) is 3.16. The van der Waals surface area contributed by atoms with Crippen molar-refractivity contribution in [1.82, 2.24) is 5.32 Å². The van der Waals surface area contributed by atoms with Gasteiger partial charge in [0, 0.05) is 17.0 Å². The second kappa shape index (κ2) is 5.36. The number of hydrogen-bond acceptors (Lipinski definition) is 1. The number of fused-ring (bicyclic) bond motifs is 1. The van der Waals surface area contributed by atoms with Crippen molar-refractivity contribution in [2.45, 2.75) is 24.8 Å². The third kappa shape index (κ3) is 2.41. The van der Waals surface area contributed by atoms with E-state index in [0.717, 1.165) is 5.02 Å². The molecule has 1 aliphatic rings. The first-order valence-corrected chi connectivity index (χ1v) is 7.19. The predicted octanol–water partition coefficient (Wildman–Crippen LogP) is 4.53. The van der Waals surface area contributed by atoms with Crippen LogP contribution in [0, 0.1) is 0 Å². The number of nitrogens with one attached hydrogen (secondary N) is 1. The van der Waals surface area contributed by atoms with E-state index >= 15 is 0 Å². The van der Waals surface area contributed by atoms with Gasteiger partial charge in [0.05, 0.1) is 0 Å². The van der Waals surface area contributed by atoms with Crippen LogP contribution in [0.1, 0.15) is 41.5 Å². The van der Waals surface area contributed by atoms with Gasteiger partial charge in [-0.1, -0.05) is 48.0 Å². The van der Waals surface area contributed by atoms with Gasteiger partial charge in [-0.2, -0.15) is 0 Å². The Hall–Kier alpha value is -1.31. The fraction of sp³-hybridized carbons (Fsp3) is 0.294. The molecule has 1 aliphatic carbocycles. The average molecular weight is 272 g/mol. The fourth-order valence-corrected chi connectivity index (χ4v) is 3.36. The van der Waals surface area contributed by atoms with E-state index in [-0.39, 0.29) is 0 Å². The SMILES string of the molecule is CN[C@@H]1CC[C@H](c2cccc(Cl)c2)c2ccccc21. The molecule has 2 aromatic rings. The Morgan fingerprint density at radius 1 is 1.00 bits per heavy atom. The van der Waals surface area contributed by atoms with Crippen LogP contribution in [0.2, 0.25) is 5.02 Å². The summed E-state index contributed by atoms with van der Waals surface area (Å²) < 4.78 is 0.